The van der Waals surface area contributed by atoms with Crippen molar-refractivity contribution in [1.29, 1.82) is 0 Å². The molecule has 0 spiro atoms. The molecule has 0 fully saturated rings. The first kappa shape index (κ1) is 9.22. The van der Waals surface area contributed by atoms with Crippen molar-refractivity contribution in [2.75, 3.05) is 0 Å². The Morgan fingerprint density at radius 2 is 1.27 bits per heavy atom. The Morgan fingerprint density at radius 1 is 0.667 bits per heavy atom. The summed E-state index contributed by atoms with van der Waals surface area (Å²) in [4.78, 5) is 0. The molecule has 0 unspecified atom stereocenters. The second kappa shape index (κ2) is 3.53. The molecule has 0 aromatic heterocycles. The van der Waals surface area contributed by atoms with E-state index in [0.717, 1.165) is 0 Å². The molecular weight excluding hydrogens is 287 g/mol. The van der Waals surface area contributed by atoms with Gasteiger partial charge in [0.05, 0.1) is 0 Å². The van der Waals surface area contributed by atoms with Crippen LogP contribution in [-0.4, -0.2) is 22.5 Å². The van der Waals surface area contributed by atoms with Gasteiger partial charge in [0.2, 0.25) is 0 Å². The Kier molecular flexibility index (Phi) is 2.17. The third-order valence-corrected chi connectivity index (χ3v) is 3.95. The van der Waals surface area contributed by atoms with Crippen LogP contribution < -0.4 is 3.58 Å². The van der Waals surface area contributed by atoms with Crippen molar-refractivity contribution in [1.82, 2.24) is 0 Å². The molecule has 0 nitrogen and oxygen atoms in total. The third kappa shape index (κ3) is 1.44. The Balaban J connectivity index is 2.64. The van der Waals surface area contributed by atoms with Gasteiger partial charge in [0.15, 0.2) is 0 Å². The second-order valence-electron chi connectivity index (χ2n) is 3.69. The minimum atomic E-state index is 1.35. The molecule has 0 amide bonds. The van der Waals surface area contributed by atoms with Crippen molar-refractivity contribution in [2.24, 2.45) is 0 Å². The fraction of sp³-hybridized carbons (Fsp3) is 0. The summed E-state index contributed by atoms with van der Waals surface area (Å²) < 4.78 is 1.44. The van der Waals surface area contributed by atoms with E-state index in [0.29, 0.717) is 0 Å². The molecule has 0 bridgehead atoms. The van der Waals surface area contributed by atoms with Gasteiger partial charge in [-0.15, -0.1) is 0 Å². The summed E-state index contributed by atoms with van der Waals surface area (Å²) in [5.74, 6) is 0. The van der Waals surface area contributed by atoms with Gasteiger partial charge in [-0.1, -0.05) is 0 Å². The molecule has 0 heterocycles. The van der Waals surface area contributed by atoms with Gasteiger partial charge in [-0.05, 0) is 0 Å². The SMILES string of the molecule is [Sn][c]1cc2ccccc2c2ccccc12. The van der Waals surface area contributed by atoms with Crippen LogP contribution in [0.3, 0.4) is 0 Å². The Labute approximate surface area is 102 Å². The average Bonchev–Trinajstić information content (AvgIpc) is 2.30. The summed E-state index contributed by atoms with van der Waals surface area (Å²) >= 11 is 1.48. The van der Waals surface area contributed by atoms with Crippen molar-refractivity contribution in [3.8, 4) is 0 Å². The monoisotopic (exact) mass is 297 g/mol. The van der Waals surface area contributed by atoms with E-state index in [1.54, 1.807) is 0 Å². The number of benzene rings is 3. The Hall–Kier alpha value is -1.02. The van der Waals surface area contributed by atoms with E-state index in [2.05, 4.69) is 54.6 Å². The van der Waals surface area contributed by atoms with Crippen LogP contribution in [0.2, 0.25) is 0 Å². The zero-order chi connectivity index (χ0) is 10.3. The molecule has 69 valence electrons. The van der Waals surface area contributed by atoms with Gasteiger partial charge in [0.1, 0.15) is 0 Å². The average molecular weight is 296 g/mol. The summed E-state index contributed by atoms with van der Waals surface area (Å²) in [5.41, 5.74) is 0. The van der Waals surface area contributed by atoms with Crippen molar-refractivity contribution >= 4 is 47.6 Å². The van der Waals surface area contributed by atoms with E-state index in [-0.39, 0.29) is 0 Å². The van der Waals surface area contributed by atoms with Gasteiger partial charge in [-0.2, -0.15) is 0 Å². The molecule has 15 heavy (non-hydrogen) atoms. The van der Waals surface area contributed by atoms with Crippen LogP contribution in [0.5, 0.6) is 0 Å². The van der Waals surface area contributed by atoms with E-state index in [1.807, 2.05) is 0 Å². The van der Waals surface area contributed by atoms with Gasteiger partial charge in [-0.25, -0.2) is 0 Å². The summed E-state index contributed by atoms with van der Waals surface area (Å²) in [7, 11) is 0. The van der Waals surface area contributed by atoms with E-state index in [1.165, 1.54) is 47.6 Å². The maximum atomic E-state index is 2.30. The molecule has 0 saturated carbocycles. The molecular formula is C14H9Sn. The molecule has 0 N–H and O–H groups in total. The Morgan fingerprint density at radius 3 is 2.07 bits per heavy atom. The zero-order valence-electron chi connectivity index (χ0n) is 8.20. The van der Waals surface area contributed by atoms with Crippen LogP contribution in [-0.2, 0) is 0 Å². The number of hydrogen-bond donors (Lipinski definition) is 0. The van der Waals surface area contributed by atoms with Gasteiger partial charge in [0.25, 0.3) is 0 Å². The molecule has 3 aromatic rings. The fourth-order valence-corrected chi connectivity index (χ4v) is 3.12. The first-order valence-corrected chi connectivity index (χ1v) is 6.41. The normalized spacial score (nSPS) is 11.0. The van der Waals surface area contributed by atoms with Crippen molar-refractivity contribution in [3.05, 3.63) is 54.6 Å². The number of rotatable bonds is 0. The van der Waals surface area contributed by atoms with E-state index >= 15 is 0 Å². The zero-order valence-corrected chi connectivity index (χ0v) is 11.1. The van der Waals surface area contributed by atoms with Gasteiger partial charge < -0.3 is 0 Å². The van der Waals surface area contributed by atoms with Crippen LogP contribution in [0.25, 0.3) is 21.5 Å². The Bertz CT molecular complexity index is 641. The maximum absolute atomic E-state index is 2.30. The third-order valence-electron chi connectivity index (χ3n) is 2.77. The molecule has 0 aliphatic heterocycles. The minimum absolute atomic E-state index is 1.35. The molecule has 3 rings (SSSR count). The topological polar surface area (TPSA) is 0 Å². The van der Waals surface area contributed by atoms with E-state index in [9.17, 15) is 0 Å². The van der Waals surface area contributed by atoms with Crippen LogP contribution >= 0.6 is 0 Å². The van der Waals surface area contributed by atoms with E-state index < -0.39 is 0 Å². The fourth-order valence-electron chi connectivity index (χ4n) is 2.05. The van der Waals surface area contributed by atoms with Crippen LogP contribution in [0.4, 0.5) is 0 Å². The standard InChI is InChI=1S/C14H9.Sn/c1-3-7-13-11(5-1)9-10-12-6-2-4-8-14(12)13;/h1-9H;. The predicted molar refractivity (Wildman–Crippen MR) is 66.8 cm³/mol. The molecule has 0 aliphatic rings. The van der Waals surface area contributed by atoms with Gasteiger partial charge >= 0.3 is 102 Å². The van der Waals surface area contributed by atoms with Crippen LogP contribution in [0.1, 0.15) is 0 Å². The van der Waals surface area contributed by atoms with Crippen molar-refractivity contribution < 1.29 is 0 Å². The molecule has 1 heteroatoms. The molecule has 0 atom stereocenters. The molecule has 0 saturated heterocycles. The second-order valence-corrected chi connectivity index (χ2v) is 5.23. The molecule has 3 radical (unpaired) electrons. The number of fused-ring (bicyclic) bond motifs is 3. The predicted octanol–water partition coefficient (Wildman–Crippen LogP) is 2.79. The van der Waals surface area contributed by atoms with Crippen molar-refractivity contribution in [2.45, 2.75) is 0 Å². The molecule has 3 aromatic carbocycles. The van der Waals surface area contributed by atoms with Crippen LogP contribution in [0, 0.1) is 0 Å². The van der Waals surface area contributed by atoms with Gasteiger partial charge in [-0.3, -0.25) is 0 Å². The summed E-state index contributed by atoms with van der Waals surface area (Å²) in [6.07, 6.45) is 0. The molecule has 0 aliphatic carbocycles. The van der Waals surface area contributed by atoms with E-state index in [4.69, 9.17) is 0 Å². The number of hydrogen-bond acceptors (Lipinski definition) is 0. The summed E-state index contributed by atoms with van der Waals surface area (Å²) in [5, 5.41) is 5.49. The quantitative estimate of drug-likeness (QED) is 0.442. The summed E-state index contributed by atoms with van der Waals surface area (Å²) in [6.45, 7) is 0. The first-order chi connectivity index (χ1) is 7.36. The first-order valence-electron chi connectivity index (χ1n) is 4.98. The van der Waals surface area contributed by atoms with Gasteiger partial charge in [0, 0.05) is 0 Å². The summed E-state index contributed by atoms with van der Waals surface area (Å²) in [6, 6.07) is 19.6. The van der Waals surface area contributed by atoms with Crippen molar-refractivity contribution in [3.63, 3.8) is 0 Å². The van der Waals surface area contributed by atoms with Crippen LogP contribution in [0.15, 0.2) is 54.6 Å².